The molecule has 168 valence electrons. The fourth-order valence-electron chi connectivity index (χ4n) is 4.23. The molecule has 1 aliphatic heterocycles. The molecule has 4 rings (SSSR count). The fraction of sp³-hybridized carbons (Fsp3) is 0.480. The van der Waals surface area contributed by atoms with E-state index in [-0.39, 0.29) is 17.4 Å². The van der Waals surface area contributed by atoms with Crippen LogP contribution in [0.2, 0.25) is 0 Å². The molecule has 1 fully saturated rings. The van der Waals surface area contributed by atoms with Crippen LogP contribution in [0.1, 0.15) is 60.5 Å². The van der Waals surface area contributed by atoms with E-state index in [1.165, 1.54) is 41.9 Å². The molecular formula is C25H31N5OS. The van der Waals surface area contributed by atoms with Gasteiger partial charge >= 0.3 is 0 Å². The number of nitriles is 1. The first-order valence-electron chi connectivity index (χ1n) is 11.3. The number of hydrogen-bond acceptors (Lipinski definition) is 5. The van der Waals surface area contributed by atoms with Gasteiger partial charge in [0, 0.05) is 48.6 Å². The zero-order valence-electron chi connectivity index (χ0n) is 18.9. The van der Waals surface area contributed by atoms with E-state index in [0.717, 1.165) is 43.5 Å². The van der Waals surface area contributed by atoms with E-state index in [2.05, 4.69) is 52.2 Å². The predicted octanol–water partition coefficient (Wildman–Crippen LogP) is 4.72. The van der Waals surface area contributed by atoms with Gasteiger partial charge in [-0.1, -0.05) is 26.0 Å². The second-order valence-electron chi connectivity index (χ2n) is 9.38. The molecule has 32 heavy (non-hydrogen) atoms. The third kappa shape index (κ3) is 5.62. The molecule has 7 heteroatoms. The summed E-state index contributed by atoms with van der Waals surface area (Å²) in [6, 6.07) is 8.34. The molecule has 0 spiro atoms. The van der Waals surface area contributed by atoms with Crippen molar-refractivity contribution in [3.8, 4) is 6.07 Å². The topological polar surface area (TPSA) is 84.8 Å². The van der Waals surface area contributed by atoms with Crippen LogP contribution < -0.4 is 5.32 Å². The van der Waals surface area contributed by atoms with Crippen LogP contribution in [0, 0.1) is 16.7 Å². The second kappa shape index (κ2) is 9.93. The number of imidazole rings is 1. The first-order valence-corrected chi connectivity index (χ1v) is 12.5. The average molecular weight is 450 g/mol. The highest BCUT2D eigenvalue weighted by Crippen LogP contribution is 2.40. The number of amides is 1. The Labute approximate surface area is 194 Å². The van der Waals surface area contributed by atoms with E-state index < -0.39 is 0 Å². The van der Waals surface area contributed by atoms with Gasteiger partial charge in [0.25, 0.3) is 5.91 Å². The summed E-state index contributed by atoms with van der Waals surface area (Å²) in [6.45, 7) is 8.01. The number of rotatable bonds is 6. The fourth-order valence-corrected chi connectivity index (χ4v) is 5.21. The number of carbonyl (C=O) groups excluding carboxylic acids is 1. The van der Waals surface area contributed by atoms with Crippen LogP contribution in [0.15, 0.2) is 30.5 Å². The Morgan fingerprint density at radius 1 is 1.34 bits per heavy atom. The van der Waals surface area contributed by atoms with Crippen molar-refractivity contribution < 1.29 is 4.79 Å². The minimum atomic E-state index is -0.331. The normalized spacial score (nSPS) is 18.6. The molecule has 0 bridgehead atoms. The molecule has 2 heterocycles. The zero-order chi connectivity index (χ0) is 22.6. The maximum absolute atomic E-state index is 12.8. The maximum Gasteiger partial charge on any atom is 0.291 e. The highest BCUT2D eigenvalue weighted by atomic mass is 32.2. The standard InChI is InChI=1S/C25H31N5OS/c1-25(2)8-5-19(6-9-25)21-15-18(7-10-30-11-13-32-14-12-30)3-4-22(21)29-24(31)23-27-17-20(16-26)28-23/h3-5,15,17H,6-14H2,1-2H3,(H,27,28)(H,29,31). The molecule has 1 aromatic carbocycles. The van der Waals surface area contributed by atoms with Gasteiger partial charge in [-0.15, -0.1) is 0 Å². The summed E-state index contributed by atoms with van der Waals surface area (Å²) >= 11 is 2.04. The highest BCUT2D eigenvalue weighted by molar-refractivity contribution is 7.99. The summed E-state index contributed by atoms with van der Waals surface area (Å²) in [4.78, 5) is 22.1. The van der Waals surface area contributed by atoms with Crippen molar-refractivity contribution in [3.05, 3.63) is 53.1 Å². The van der Waals surface area contributed by atoms with Crippen molar-refractivity contribution >= 4 is 28.9 Å². The first-order chi connectivity index (χ1) is 15.4. The number of nitrogens with zero attached hydrogens (tertiary/aromatic N) is 3. The van der Waals surface area contributed by atoms with Gasteiger partial charge in [0.15, 0.2) is 11.5 Å². The van der Waals surface area contributed by atoms with E-state index in [1.54, 1.807) is 0 Å². The van der Waals surface area contributed by atoms with Gasteiger partial charge in [-0.25, -0.2) is 4.98 Å². The lowest BCUT2D eigenvalue weighted by Crippen LogP contribution is -2.34. The van der Waals surface area contributed by atoms with Crippen LogP contribution in [0.5, 0.6) is 0 Å². The van der Waals surface area contributed by atoms with E-state index in [0.29, 0.717) is 5.41 Å². The largest absolute Gasteiger partial charge is 0.339 e. The number of thioether (sulfide) groups is 1. The Morgan fingerprint density at radius 3 is 2.84 bits per heavy atom. The van der Waals surface area contributed by atoms with Crippen molar-refractivity contribution in [1.82, 2.24) is 14.9 Å². The molecule has 2 aliphatic rings. The predicted molar refractivity (Wildman–Crippen MR) is 131 cm³/mol. The number of anilines is 1. The Hall–Kier alpha value is -2.56. The molecule has 0 unspecified atom stereocenters. The maximum atomic E-state index is 12.8. The molecule has 1 aliphatic carbocycles. The number of aromatic nitrogens is 2. The van der Waals surface area contributed by atoms with Crippen LogP contribution in [0.25, 0.3) is 5.57 Å². The average Bonchev–Trinajstić information content (AvgIpc) is 3.29. The number of aromatic amines is 1. The van der Waals surface area contributed by atoms with Gasteiger partial charge in [0.05, 0.1) is 0 Å². The molecule has 0 saturated carbocycles. The number of hydrogen-bond donors (Lipinski definition) is 2. The van der Waals surface area contributed by atoms with Crippen LogP contribution in [-0.2, 0) is 6.42 Å². The monoisotopic (exact) mass is 449 g/mol. The second-order valence-corrected chi connectivity index (χ2v) is 10.6. The Morgan fingerprint density at radius 2 is 2.16 bits per heavy atom. The number of benzene rings is 1. The van der Waals surface area contributed by atoms with Gasteiger partial charge in [-0.2, -0.15) is 17.0 Å². The smallest absolute Gasteiger partial charge is 0.291 e. The number of H-pyrrole nitrogens is 1. The van der Waals surface area contributed by atoms with Crippen LogP contribution in [0.4, 0.5) is 5.69 Å². The van der Waals surface area contributed by atoms with E-state index in [4.69, 9.17) is 5.26 Å². The third-order valence-corrected chi connectivity index (χ3v) is 7.32. The Bertz CT molecular complexity index is 1040. The van der Waals surface area contributed by atoms with Gasteiger partial charge in [0.2, 0.25) is 0 Å². The lowest BCUT2D eigenvalue weighted by atomic mass is 9.76. The summed E-state index contributed by atoms with van der Waals surface area (Å²) < 4.78 is 0. The number of allylic oxidation sites excluding steroid dienone is 2. The van der Waals surface area contributed by atoms with Gasteiger partial charge < -0.3 is 15.2 Å². The summed E-state index contributed by atoms with van der Waals surface area (Å²) in [5, 5.41) is 12.0. The van der Waals surface area contributed by atoms with Crippen LogP contribution in [-0.4, -0.2) is 51.9 Å². The van der Waals surface area contributed by atoms with Crippen molar-refractivity contribution in [3.63, 3.8) is 0 Å². The molecule has 1 amide bonds. The van der Waals surface area contributed by atoms with Gasteiger partial charge in [-0.05, 0) is 54.4 Å². The van der Waals surface area contributed by atoms with E-state index in [1.807, 2.05) is 23.9 Å². The molecule has 0 atom stereocenters. The van der Waals surface area contributed by atoms with E-state index in [9.17, 15) is 4.79 Å². The minimum Gasteiger partial charge on any atom is -0.339 e. The molecule has 1 aromatic heterocycles. The molecule has 0 radical (unpaired) electrons. The van der Waals surface area contributed by atoms with Gasteiger partial charge in [0.1, 0.15) is 6.07 Å². The zero-order valence-corrected chi connectivity index (χ0v) is 19.7. The summed E-state index contributed by atoms with van der Waals surface area (Å²) in [7, 11) is 0. The molecule has 1 saturated heterocycles. The highest BCUT2D eigenvalue weighted by Gasteiger charge is 2.24. The lowest BCUT2D eigenvalue weighted by Gasteiger charge is -2.29. The van der Waals surface area contributed by atoms with Crippen LogP contribution >= 0.6 is 11.8 Å². The van der Waals surface area contributed by atoms with Crippen molar-refractivity contribution in [1.29, 1.82) is 5.26 Å². The first kappa shape index (κ1) is 22.6. The molecule has 2 N–H and O–H groups in total. The molecule has 2 aromatic rings. The van der Waals surface area contributed by atoms with Crippen molar-refractivity contribution in [2.75, 3.05) is 36.5 Å². The Kier molecular flexibility index (Phi) is 7.02. The van der Waals surface area contributed by atoms with Crippen LogP contribution in [0.3, 0.4) is 0 Å². The Balaban J connectivity index is 1.56. The number of nitrogens with one attached hydrogen (secondary N) is 2. The number of carbonyl (C=O) groups is 1. The molecular weight excluding hydrogens is 418 g/mol. The van der Waals surface area contributed by atoms with E-state index >= 15 is 0 Å². The summed E-state index contributed by atoms with van der Waals surface area (Å²) in [6.07, 6.45) is 7.96. The summed E-state index contributed by atoms with van der Waals surface area (Å²) in [5.41, 5.74) is 5.03. The van der Waals surface area contributed by atoms with Crippen molar-refractivity contribution in [2.24, 2.45) is 5.41 Å². The minimum absolute atomic E-state index is 0.151. The summed E-state index contributed by atoms with van der Waals surface area (Å²) in [5.74, 6) is 2.26. The third-order valence-electron chi connectivity index (χ3n) is 6.38. The van der Waals surface area contributed by atoms with Gasteiger partial charge in [-0.3, -0.25) is 4.79 Å². The van der Waals surface area contributed by atoms with Crippen molar-refractivity contribution in [2.45, 2.75) is 39.5 Å². The quantitative estimate of drug-likeness (QED) is 0.667. The lowest BCUT2D eigenvalue weighted by molar-refractivity contribution is 0.101. The SMILES string of the molecule is CC1(C)CC=C(c2cc(CCN3CCSCC3)ccc2NC(=O)c2nc(C#N)c[nH]2)CC1. The molecule has 6 nitrogen and oxygen atoms in total.